The van der Waals surface area contributed by atoms with Gasteiger partial charge >= 0.3 is 0 Å². The summed E-state index contributed by atoms with van der Waals surface area (Å²) in [4.78, 5) is 3.40. The molecule has 16 heavy (non-hydrogen) atoms. The van der Waals surface area contributed by atoms with Crippen molar-refractivity contribution in [3.63, 3.8) is 0 Å². The molecule has 1 fully saturated rings. The fraction of sp³-hybridized carbons (Fsp3) is 0.467. The zero-order valence-corrected chi connectivity index (χ0v) is 9.87. The van der Waals surface area contributed by atoms with Crippen LogP contribution in [0.3, 0.4) is 0 Å². The molecular weight excluding hydrogens is 194 g/mol. The lowest BCUT2D eigenvalue weighted by Gasteiger charge is -2.26. The largest absolute Gasteiger partial charge is 0.361 e. The van der Waals surface area contributed by atoms with E-state index >= 15 is 0 Å². The number of fused-ring (bicyclic) bond motifs is 1. The van der Waals surface area contributed by atoms with Crippen LogP contribution in [-0.2, 0) is 0 Å². The van der Waals surface area contributed by atoms with Gasteiger partial charge in [0.2, 0.25) is 0 Å². The van der Waals surface area contributed by atoms with Crippen molar-refractivity contribution >= 4 is 10.9 Å². The van der Waals surface area contributed by atoms with Gasteiger partial charge in [-0.3, -0.25) is 0 Å². The number of aromatic nitrogens is 1. The zero-order valence-electron chi connectivity index (χ0n) is 9.87. The van der Waals surface area contributed by atoms with E-state index in [0.29, 0.717) is 0 Å². The van der Waals surface area contributed by atoms with Crippen LogP contribution < -0.4 is 0 Å². The first-order chi connectivity index (χ1) is 7.84. The van der Waals surface area contributed by atoms with Gasteiger partial charge in [0.05, 0.1) is 0 Å². The minimum Gasteiger partial charge on any atom is -0.361 e. The molecule has 3 rings (SSSR count). The summed E-state index contributed by atoms with van der Waals surface area (Å²) in [5.74, 6) is 1.67. The molecular formula is C15H19N. The highest BCUT2D eigenvalue weighted by molar-refractivity contribution is 5.83. The number of hydrogen-bond acceptors (Lipinski definition) is 0. The summed E-state index contributed by atoms with van der Waals surface area (Å²) in [5.41, 5.74) is 2.83. The number of nitrogens with one attached hydrogen (secondary N) is 1. The van der Waals surface area contributed by atoms with Crippen molar-refractivity contribution in [2.24, 2.45) is 5.92 Å². The molecule has 1 N–H and O–H groups in total. The Morgan fingerprint density at radius 1 is 1.19 bits per heavy atom. The summed E-state index contributed by atoms with van der Waals surface area (Å²) < 4.78 is 0. The summed E-state index contributed by atoms with van der Waals surface area (Å²) in [5, 5.41) is 1.43. The lowest BCUT2D eigenvalue weighted by Crippen LogP contribution is -2.11. The molecule has 1 aromatic heterocycles. The van der Waals surface area contributed by atoms with Crippen LogP contribution in [0, 0.1) is 5.92 Å². The average Bonchev–Trinajstić information content (AvgIpc) is 2.72. The predicted molar refractivity (Wildman–Crippen MR) is 68.7 cm³/mol. The molecule has 0 aliphatic heterocycles. The van der Waals surface area contributed by atoms with E-state index < -0.39 is 0 Å². The van der Waals surface area contributed by atoms with E-state index in [0.717, 1.165) is 11.8 Å². The standard InChI is InChI=1S/C15H19N/c1-11-5-4-6-12(9-11)14-10-16-15-8-3-2-7-13(14)15/h2-3,7-8,10-12,16H,4-6,9H2,1H3/t11-,12?/m0/s1. The Kier molecular flexibility index (Phi) is 2.47. The second-order valence-electron chi connectivity index (χ2n) is 5.26. The molecule has 1 nitrogen and oxygen atoms in total. The van der Waals surface area contributed by atoms with Crippen LogP contribution >= 0.6 is 0 Å². The SMILES string of the molecule is C[C@H]1CCCC(c2c[nH]c3ccccc23)C1. The van der Waals surface area contributed by atoms with Gasteiger partial charge in [-0.05, 0) is 36.3 Å². The van der Waals surface area contributed by atoms with Crippen LogP contribution in [0.25, 0.3) is 10.9 Å². The number of hydrogen-bond donors (Lipinski definition) is 1. The summed E-state index contributed by atoms with van der Waals surface area (Å²) in [7, 11) is 0. The van der Waals surface area contributed by atoms with E-state index in [-0.39, 0.29) is 0 Å². The highest BCUT2D eigenvalue weighted by Gasteiger charge is 2.22. The van der Waals surface area contributed by atoms with E-state index in [1.165, 1.54) is 36.6 Å². The molecule has 1 heterocycles. The lowest BCUT2D eigenvalue weighted by atomic mass is 9.79. The van der Waals surface area contributed by atoms with Gasteiger partial charge in [-0.1, -0.05) is 38.0 Å². The van der Waals surface area contributed by atoms with Crippen molar-refractivity contribution in [3.05, 3.63) is 36.0 Å². The average molecular weight is 213 g/mol. The third kappa shape index (κ3) is 1.64. The van der Waals surface area contributed by atoms with E-state index in [1.54, 1.807) is 5.56 Å². The van der Waals surface area contributed by atoms with Gasteiger partial charge in [-0.25, -0.2) is 0 Å². The Hall–Kier alpha value is -1.24. The van der Waals surface area contributed by atoms with E-state index in [9.17, 15) is 0 Å². The van der Waals surface area contributed by atoms with Gasteiger partial charge in [-0.15, -0.1) is 0 Å². The molecule has 1 heteroatoms. The van der Waals surface area contributed by atoms with Crippen LogP contribution in [0.5, 0.6) is 0 Å². The topological polar surface area (TPSA) is 15.8 Å². The van der Waals surface area contributed by atoms with E-state index in [4.69, 9.17) is 0 Å². The molecule has 0 saturated heterocycles. The second kappa shape index (κ2) is 3.97. The fourth-order valence-corrected chi connectivity index (χ4v) is 3.15. The molecule has 1 aromatic carbocycles. The van der Waals surface area contributed by atoms with Crippen molar-refractivity contribution in [2.45, 2.75) is 38.5 Å². The van der Waals surface area contributed by atoms with Gasteiger partial charge in [-0.2, -0.15) is 0 Å². The zero-order chi connectivity index (χ0) is 11.0. The van der Waals surface area contributed by atoms with Gasteiger partial charge in [0.1, 0.15) is 0 Å². The quantitative estimate of drug-likeness (QED) is 0.719. The maximum atomic E-state index is 3.40. The Bertz CT molecular complexity index is 483. The Labute approximate surface area is 96.9 Å². The maximum Gasteiger partial charge on any atom is 0.0456 e. The molecule has 2 atom stereocenters. The van der Waals surface area contributed by atoms with Crippen LogP contribution in [0.2, 0.25) is 0 Å². The van der Waals surface area contributed by atoms with Crippen molar-refractivity contribution in [1.29, 1.82) is 0 Å². The fourth-order valence-electron chi connectivity index (χ4n) is 3.15. The normalized spacial score (nSPS) is 26.1. The molecule has 1 aliphatic carbocycles. The highest BCUT2D eigenvalue weighted by Crippen LogP contribution is 2.38. The number of para-hydroxylation sites is 1. The number of benzene rings is 1. The monoisotopic (exact) mass is 213 g/mol. The van der Waals surface area contributed by atoms with E-state index in [1.807, 2.05) is 0 Å². The van der Waals surface area contributed by atoms with Crippen LogP contribution in [0.1, 0.15) is 44.1 Å². The first-order valence-electron chi connectivity index (χ1n) is 6.40. The van der Waals surface area contributed by atoms with Crippen molar-refractivity contribution in [2.75, 3.05) is 0 Å². The van der Waals surface area contributed by atoms with Crippen molar-refractivity contribution in [1.82, 2.24) is 4.98 Å². The number of rotatable bonds is 1. The molecule has 1 unspecified atom stereocenters. The summed E-state index contributed by atoms with van der Waals surface area (Å²) in [6.07, 6.45) is 7.77. The van der Waals surface area contributed by atoms with Gasteiger partial charge < -0.3 is 4.98 Å². The predicted octanol–water partition coefficient (Wildman–Crippen LogP) is 4.46. The van der Waals surface area contributed by atoms with Gasteiger partial charge in [0.25, 0.3) is 0 Å². The van der Waals surface area contributed by atoms with E-state index in [2.05, 4.69) is 42.4 Å². The molecule has 0 bridgehead atoms. The summed E-state index contributed by atoms with van der Waals surface area (Å²) >= 11 is 0. The van der Waals surface area contributed by atoms with Crippen LogP contribution in [0.15, 0.2) is 30.5 Å². The van der Waals surface area contributed by atoms with Crippen molar-refractivity contribution < 1.29 is 0 Å². The highest BCUT2D eigenvalue weighted by atomic mass is 14.7. The minimum absolute atomic E-state index is 0.778. The van der Waals surface area contributed by atoms with Gasteiger partial charge in [0, 0.05) is 17.1 Å². The maximum absolute atomic E-state index is 3.40. The molecule has 1 aliphatic rings. The third-order valence-corrected chi connectivity index (χ3v) is 4.00. The first kappa shape index (κ1) is 9.95. The summed E-state index contributed by atoms with van der Waals surface area (Å²) in [6, 6.07) is 8.67. The molecule has 2 aromatic rings. The molecule has 1 saturated carbocycles. The van der Waals surface area contributed by atoms with Crippen LogP contribution in [0.4, 0.5) is 0 Å². The Morgan fingerprint density at radius 3 is 2.94 bits per heavy atom. The third-order valence-electron chi connectivity index (χ3n) is 4.00. The second-order valence-corrected chi connectivity index (χ2v) is 5.26. The molecule has 0 radical (unpaired) electrons. The smallest absolute Gasteiger partial charge is 0.0456 e. The molecule has 84 valence electrons. The molecule has 0 amide bonds. The number of aromatic amines is 1. The molecule has 0 spiro atoms. The van der Waals surface area contributed by atoms with Gasteiger partial charge in [0.15, 0.2) is 0 Å². The number of H-pyrrole nitrogens is 1. The first-order valence-corrected chi connectivity index (χ1v) is 6.40. The lowest BCUT2D eigenvalue weighted by molar-refractivity contribution is 0.345. The Balaban J connectivity index is 1.99. The minimum atomic E-state index is 0.778. The Morgan fingerprint density at radius 2 is 2.06 bits per heavy atom. The van der Waals surface area contributed by atoms with Crippen LogP contribution in [-0.4, -0.2) is 4.98 Å². The van der Waals surface area contributed by atoms with Crippen molar-refractivity contribution in [3.8, 4) is 0 Å². The summed E-state index contributed by atoms with van der Waals surface area (Å²) in [6.45, 7) is 2.39.